The van der Waals surface area contributed by atoms with Gasteiger partial charge < -0.3 is 5.73 Å². The van der Waals surface area contributed by atoms with Gasteiger partial charge in [0.2, 0.25) is 0 Å². The van der Waals surface area contributed by atoms with Gasteiger partial charge in [-0.05, 0) is 37.5 Å². The second-order valence-corrected chi connectivity index (χ2v) is 7.13. The maximum absolute atomic E-state index is 6.47. The molecular formula is C19H37N. The van der Waals surface area contributed by atoms with Gasteiger partial charge >= 0.3 is 0 Å². The summed E-state index contributed by atoms with van der Waals surface area (Å²) in [6.07, 6.45) is 11.4. The van der Waals surface area contributed by atoms with E-state index in [0.29, 0.717) is 5.41 Å². The quantitative estimate of drug-likeness (QED) is 0.512. The maximum Gasteiger partial charge on any atom is 0.0163 e. The molecule has 0 aromatic carbocycles. The summed E-state index contributed by atoms with van der Waals surface area (Å²) in [5.74, 6) is 6.69. The van der Waals surface area contributed by atoms with E-state index in [2.05, 4.69) is 46.5 Å². The molecule has 0 saturated heterocycles. The largest absolute Gasteiger partial charge is 0.325 e. The molecule has 0 radical (unpaired) electrons. The highest BCUT2D eigenvalue weighted by Crippen LogP contribution is 2.27. The van der Waals surface area contributed by atoms with Crippen LogP contribution in [0.15, 0.2) is 0 Å². The van der Waals surface area contributed by atoms with Crippen LogP contribution in [-0.2, 0) is 0 Å². The van der Waals surface area contributed by atoms with Crippen molar-refractivity contribution in [2.75, 3.05) is 0 Å². The van der Waals surface area contributed by atoms with Crippen LogP contribution in [0.5, 0.6) is 0 Å². The van der Waals surface area contributed by atoms with E-state index in [0.717, 1.165) is 32.1 Å². The van der Waals surface area contributed by atoms with Gasteiger partial charge in [-0.25, -0.2) is 0 Å². The lowest BCUT2D eigenvalue weighted by molar-refractivity contribution is 0.308. The Labute approximate surface area is 128 Å². The molecule has 0 fully saturated rings. The summed E-state index contributed by atoms with van der Waals surface area (Å²) in [4.78, 5) is 0. The molecule has 0 aromatic heterocycles. The van der Waals surface area contributed by atoms with E-state index in [9.17, 15) is 0 Å². The SMILES string of the molecule is CCCC(C)(C)CCC#CCCC(N)(CCC)CCC. The smallest absolute Gasteiger partial charge is 0.0163 e. The summed E-state index contributed by atoms with van der Waals surface area (Å²) in [5.41, 5.74) is 6.95. The molecule has 0 rings (SSSR count). The molecule has 0 aromatic rings. The fraction of sp³-hybridized carbons (Fsp3) is 0.895. The van der Waals surface area contributed by atoms with E-state index in [1.165, 1.54) is 32.1 Å². The summed E-state index contributed by atoms with van der Waals surface area (Å²) in [6, 6.07) is 0. The minimum absolute atomic E-state index is 0.0274. The summed E-state index contributed by atoms with van der Waals surface area (Å²) in [6.45, 7) is 11.4. The van der Waals surface area contributed by atoms with Crippen LogP contribution < -0.4 is 5.73 Å². The topological polar surface area (TPSA) is 26.0 Å². The third kappa shape index (κ3) is 9.43. The van der Waals surface area contributed by atoms with Crippen molar-refractivity contribution in [1.29, 1.82) is 0 Å². The van der Waals surface area contributed by atoms with Crippen molar-refractivity contribution in [1.82, 2.24) is 0 Å². The third-order valence-corrected chi connectivity index (χ3v) is 4.22. The van der Waals surface area contributed by atoms with Crippen molar-refractivity contribution in [3.63, 3.8) is 0 Å². The maximum atomic E-state index is 6.47. The Morgan fingerprint density at radius 3 is 1.60 bits per heavy atom. The van der Waals surface area contributed by atoms with Crippen molar-refractivity contribution in [2.24, 2.45) is 11.1 Å². The lowest BCUT2D eigenvalue weighted by Gasteiger charge is -2.28. The van der Waals surface area contributed by atoms with Crippen molar-refractivity contribution in [3.8, 4) is 11.8 Å². The first kappa shape index (κ1) is 19.5. The molecule has 0 bridgehead atoms. The van der Waals surface area contributed by atoms with Gasteiger partial charge in [-0.1, -0.05) is 53.9 Å². The molecule has 2 N–H and O–H groups in total. The highest BCUT2D eigenvalue weighted by atomic mass is 14.7. The van der Waals surface area contributed by atoms with Crippen LogP contribution in [0, 0.1) is 17.3 Å². The van der Waals surface area contributed by atoms with Gasteiger partial charge in [-0.15, -0.1) is 11.8 Å². The lowest BCUT2D eigenvalue weighted by Crippen LogP contribution is -2.39. The number of hydrogen-bond donors (Lipinski definition) is 1. The molecule has 0 amide bonds. The van der Waals surface area contributed by atoms with E-state index in [1.807, 2.05) is 0 Å². The number of nitrogens with two attached hydrogens (primary N) is 1. The van der Waals surface area contributed by atoms with E-state index in [1.54, 1.807) is 0 Å². The summed E-state index contributed by atoms with van der Waals surface area (Å²) in [7, 11) is 0. The van der Waals surface area contributed by atoms with Gasteiger partial charge in [0.15, 0.2) is 0 Å². The van der Waals surface area contributed by atoms with Crippen LogP contribution in [0.4, 0.5) is 0 Å². The average Bonchev–Trinajstić information content (AvgIpc) is 2.34. The fourth-order valence-electron chi connectivity index (χ4n) is 3.06. The zero-order valence-electron chi connectivity index (χ0n) is 14.6. The molecular weight excluding hydrogens is 242 g/mol. The number of rotatable bonds is 10. The van der Waals surface area contributed by atoms with Crippen LogP contribution in [0.1, 0.15) is 98.8 Å². The van der Waals surface area contributed by atoms with Crippen LogP contribution in [0.3, 0.4) is 0 Å². The molecule has 1 heteroatoms. The first-order valence-electron chi connectivity index (χ1n) is 8.63. The molecule has 0 unspecified atom stereocenters. The zero-order chi connectivity index (χ0) is 15.5. The molecule has 0 aliphatic heterocycles. The van der Waals surface area contributed by atoms with Gasteiger partial charge in [0, 0.05) is 18.4 Å². The van der Waals surface area contributed by atoms with E-state index < -0.39 is 0 Å². The highest BCUT2D eigenvalue weighted by molar-refractivity contribution is 5.01. The Kier molecular flexibility index (Phi) is 10.0. The fourth-order valence-corrected chi connectivity index (χ4v) is 3.06. The second-order valence-electron chi connectivity index (χ2n) is 7.13. The van der Waals surface area contributed by atoms with E-state index in [-0.39, 0.29) is 5.54 Å². The molecule has 0 heterocycles. The average molecular weight is 280 g/mol. The molecule has 0 atom stereocenters. The molecule has 0 spiro atoms. The Morgan fingerprint density at radius 2 is 1.15 bits per heavy atom. The van der Waals surface area contributed by atoms with Gasteiger partial charge in [0.25, 0.3) is 0 Å². The van der Waals surface area contributed by atoms with Gasteiger partial charge in [-0.2, -0.15) is 0 Å². The van der Waals surface area contributed by atoms with Crippen LogP contribution in [0.2, 0.25) is 0 Å². The van der Waals surface area contributed by atoms with Crippen LogP contribution >= 0.6 is 0 Å². The Balaban J connectivity index is 4.02. The zero-order valence-corrected chi connectivity index (χ0v) is 14.6. The summed E-state index contributed by atoms with van der Waals surface area (Å²) < 4.78 is 0. The second kappa shape index (κ2) is 10.3. The molecule has 0 saturated carbocycles. The van der Waals surface area contributed by atoms with Crippen molar-refractivity contribution in [3.05, 3.63) is 0 Å². The normalized spacial score (nSPS) is 12.1. The third-order valence-electron chi connectivity index (χ3n) is 4.22. The molecule has 1 nitrogen and oxygen atoms in total. The van der Waals surface area contributed by atoms with Crippen LogP contribution in [0.25, 0.3) is 0 Å². The highest BCUT2D eigenvalue weighted by Gasteiger charge is 2.21. The Hall–Kier alpha value is -0.480. The predicted octanol–water partition coefficient (Wildman–Crippen LogP) is 5.67. The molecule has 0 aliphatic carbocycles. The first-order chi connectivity index (χ1) is 9.39. The standard InChI is InChI=1S/C19H37N/c1-6-13-18(4,5)16-11-9-10-12-17-19(20,14-7-2)15-8-3/h6-8,11-17,20H2,1-5H3. The van der Waals surface area contributed by atoms with Gasteiger partial charge in [-0.3, -0.25) is 0 Å². The molecule has 20 heavy (non-hydrogen) atoms. The van der Waals surface area contributed by atoms with E-state index in [4.69, 9.17) is 5.73 Å². The predicted molar refractivity (Wildman–Crippen MR) is 91.7 cm³/mol. The van der Waals surface area contributed by atoms with Gasteiger partial charge in [0.1, 0.15) is 0 Å². The van der Waals surface area contributed by atoms with Gasteiger partial charge in [0.05, 0.1) is 0 Å². The Bertz CT molecular complexity index is 287. The minimum Gasteiger partial charge on any atom is -0.325 e. The first-order valence-corrected chi connectivity index (χ1v) is 8.63. The minimum atomic E-state index is 0.0274. The Morgan fingerprint density at radius 1 is 0.700 bits per heavy atom. The van der Waals surface area contributed by atoms with Crippen molar-refractivity contribution < 1.29 is 0 Å². The number of hydrogen-bond acceptors (Lipinski definition) is 1. The lowest BCUT2D eigenvalue weighted by atomic mass is 9.83. The van der Waals surface area contributed by atoms with E-state index >= 15 is 0 Å². The molecule has 0 aliphatic rings. The van der Waals surface area contributed by atoms with Crippen molar-refractivity contribution >= 4 is 0 Å². The summed E-state index contributed by atoms with van der Waals surface area (Å²) >= 11 is 0. The van der Waals surface area contributed by atoms with Crippen LogP contribution in [-0.4, -0.2) is 5.54 Å². The molecule has 118 valence electrons. The van der Waals surface area contributed by atoms with Crippen molar-refractivity contribution in [2.45, 2.75) is 104 Å². The summed E-state index contributed by atoms with van der Waals surface area (Å²) in [5, 5.41) is 0. The monoisotopic (exact) mass is 279 g/mol.